The molecule has 1 aromatic heterocycles. The van der Waals surface area contributed by atoms with Gasteiger partial charge in [0.15, 0.2) is 0 Å². The minimum absolute atomic E-state index is 0.00763. The Morgan fingerprint density at radius 2 is 0.720 bits per heavy atom. The molecule has 0 saturated heterocycles. The highest BCUT2D eigenvalue weighted by atomic mass is 15.2. The molecule has 0 fully saturated rings. The molecule has 0 N–H and O–H groups in total. The van der Waals surface area contributed by atoms with Crippen LogP contribution in [0.2, 0.25) is 0 Å². The quantitative estimate of drug-likeness (QED) is 0.141. The van der Waals surface area contributed by atoms with E-state index in [4.69, 9.17) is 0 Å². The highest BCUT2D eigenvalue weighted by Gasteiger charge is 2.45. The van der Waals surface area contributed by atoms with E-state index >= 15 is 0 Å². The zero-order valence-corrected chi connectivity index (χ0v) is 61.0. The number of hydrogen-bond donors (Lipinski definition) is 0. The normalized spacial score (nSPS) is 16.2. The number of benzene rings is 12. The van der Waals surface area contributed by atoms with Crippen molar-refractivity contribution in [3.8, 4) is 61.3 Å². The third kappa shape index (κ3) is 10.4. The average Bonchev–Trinajstić information content (AvgIpc) is 0.869. The Morgan fingerprint density at radius 1 is 0.300 bits per heavy atom. The lowest BCUT2D eigenvalue weighted by Gasteiger charge is -2.45. The Kier molecular flexibility index (Phi) is 14.5. The van der Waals surface area contributed by atoms with Crippen LogP contribution in [0.4, 0.5) is 34.1 Å². The maximum atomic E-state index is 2.63. The van der Waals surface area contributed by atoms with Crippen molar-refractivity contribution in [3.05, 3.63) is 288 Å². The first kappa shape index (κ1) is 63.5. The molecule has 0 saturated carbocycles. The van der Waals surface area contributed by atoms with E-state index in [2.05, 4.69) is 366 Å². The van der Waals surface area contributed by atoms with Gasteiger partial charge >= 0.3 is 0 Å². The van der Waals surface area contributed by atoms with E-state index in [1.807, 2.05) is 0 Å². The van der Waals surface area contributed by atoms with Crippen molar-refractivity contribution >= 4 is 79.0 Å². The molecule has 100 heavy (non-hydrogen) atoms. The van der Waals surface area contributed by atoms with Gasteiger partial charge in [-0.25, -0.2) is 0 Å². The number of anilines is 6. The second-order valence-corrected chi connectivity index (χ2v) is 34.3. The van der Waals surface area contributed by atoms with Gasteiger partial charge in [0.1, 0.15) is 0 Å². The second kappa shape index (κ2) is 22.8. The van der Waals surface area contributed by atoms with Crippen LogP contribution in [0.5, 0.6) is 0 Å². The lowest BCUT2D eigenvalue weighted by molar-refractivity contribution is 0.332. The molecule has 17 rings (SSSR count). The molecule has 0 bridgehead atoms. The summed E-state index contributed by atoms with van der Waals surface area (Å²) in [6.07, 6.45) is 4.73. The fourth-order valence-corrected chi connectivity index (χ4v) is 17.8. The highest BCUT2D eigenvalue weighted by molar-refractivity contribution is 7.00. The van der Waals surface area contributed by atoms with Crippen molar-refractivity contribution in [2.24, 2.45) is 0 Å². The van der Waals surface area contributed by atoms with Crippen LogP contribution in [0.15, 0.2) is 255 Å². The van der Waals surface area contributed by atoms with Gasteiger partial charge in [-0.05, 0) is 236 Å². The standard InChI is InChI=1S/C96H92BN3/c1-91(2,3)70-38-28-64(29-39-70)69-58-88-90-89(59-69)99(72-42-32-63(33-43-72)67-35-46-79-81(56-67)96(13,14)53-51-94(79,9)10)87-60-73(100-84-27-21-19-25-75(84)76-54-65(37-49-85(76)100)61-22-16-15-17-23-61)44-48-83(87)97(90)82-47-36-68(74-24-18-20-26-77(74)92(4,5)6)57-86(82)98(88)71-40-30-62(31-41-71)66-34-45-78-80(55-66)95(11,12)52-50-93(78,7)8/h15-49,54-60H,50-53H2,1-14H3. The van der Waals surface area contributed by atoms with Crippen molar-refractivity contribution in [2.75, 3.05) is 9.80 Å². The van der Waals surface area contributed by atoms with Crippen molar-refractivity contribution in [2.45, 2.75) is 155 Å². The van der Waals surface area contributed by atoms with E-state index in [0.717, 1.165) is 17.1 Å². The average molecular weight is 1300 g/mol. The number of rotatable bonds is 8. The van der Waals surface area contributed by atoms with Crippen LogP contribution in [0.25, 0.3) is 83.1 Å². The maximum Gasteiger partial charge on any atom is 0.252 e. The minimum atomic E-state index is -0.128. The summed E-state index contributed by atoms with van der Waals surface area (Å²) in [5, 5.41) is 2.47. The van der Waals surface area contributed by atoms with E-state index in [1.165, 1.54) is 176 Å². The molecule has 2 aliphatic heterocycles. The van der Waals surface area contributed by atoms with Crippen LogP contribution >= 0.6 is 0 Å². The minimum Gasteiger partial charge on any atom is -0.311 e. The predicted molar refractivity (Wildman–Crippen MR) is 430 cm³/mol. The molecule has 4 heteroatoms. The molecular formula is C96H92BN3. The number of aromatic nitrogens is 1. The van der Waals surface area contributed by atoms with Gasteiger partial charge in [-0.15, -0.1) is 0 Å². The fraction of sp³-hybridized carbons (Fsp3) is 0.250. The molecule has 3 heterocycles. The summed E-state index contributed by atoms with van der Waals surface area (Å²) in [7, 11) is 0. The largest absolute Gasteiger partial charge is 0.311 e. The molecule has 12 aromatic carbocycles. The third-order valence-corrected chi connectivity index (χ3v) is 23.8. The maximum absolute atomic E-state index is 2.63. The Balaban J connectivity index is 0.922. The molecule has 0 spiro atoms. The van der Waals surface area contributed by atoms with Crippen molar-refractivity contribution in [1.82, 2.24) is 4.57 Å². The number of nitrogens with zero attached hydrogens (tertiary/aromatic N) is 3. The van der Waals surface area contributed by atoms with Crippen LogP contribution in [0.1, 0.15) is 156 Å². The summed E-state index contributed by atoms with van der Waals surface area (Å²) in [4.78, 5) is 5.26. The van der Waals surface area contributed by atoms with Crippen LogP contribution in [-0.2, 0) is 32.5 Å². The van der Waals surface area contributed by atoms with Crippen molar-refractivity contribution < 1.29 is 0 Å². The first-order valence-electron chi connectivity index (χ1n) is 36.7. The van der Waals surface area contributed by atoms with Crippen LogP contribution < -0.4 is 26.2 Å². The second-order valence-electron chi connectivity index (χ2n) is 34.3. The molecule has 4 aliphatic rings. The van der Waals surface area contributed by atoms with Gasteiger partial charge in [0.05, 0.1) is 11.0 Å². The van der Waals surface area contributed by atoms with Crippen LogP contribution in [-0.4, -0.2) is 11.3 Å². The highest BCUT2D eigenvalue weighted by Crippen LogP contribution is 2.52. The molecule has 0 amide bonds. The van der Waals surface area contributed by atoms with Gasteiger partial charge in [0.2, 0.25) is 0 Å². The summed E-state index contributed by atoms with van der Waals surface area (Å²) >= 11 is 0. The predicted octanol–water partition coefficient (Wildman–Crippen LogP) is 24.5. The smallest absolute Gasteiger partial charge is 0.252 e. The lowest BCUT2D eigenvalue weighted by atomic mass is 9.33. The molecule has 0 radical (unpaired) electrons. The molecule has 0 unspecified atom stereocenters. The first-order chi connectivity index (χ1) is 47.8. The molecule has 13 aromatic rings. The number of hydrogen-bond acceptors (Lipinski definition) is 2. The number of para-hydroxylation sites is 1. The summed E-state index contributed by atoms with van der Waals surface area (Å²) in [5.74, 6) is 0. The Bertz CT molecular complexity index is 5430. The lowest BCUT2D eigenvalue weighted by Crippen LogP contribution is -2.61. The van der Waals surface area contributed by atoms with Gasteiger partial charge in [0, 0.05) is 50.6 Å². The summed E-state index contributed by atoms with van der Waals surface area (Å²) in [5.41, 5.74) is 35.5. The zero-order valence-electron chi connectivity index (χ0n) is 61.0. The third-order valence-electron chi connectivity index (χ3n) is 23.8. The van der Waals surface area contributed by atoms with Crippen LogP contribution in [0.3, 0.4) is 0 Å². The number of fused-ring (bicyclic) bond motifs is 9. The Hall–Kier alpha value is -9.90. The molecule has 494 valence electrons. The first-order valence-corrected chi connectivity index (χ1v) is 36.7. The van der Waals surface area contributed by atoms with E-state index in [-0.39, 0.29) is 39.2 Å². The van der Waals surface area contributed by atoms with E-state index in [9.17, 15) is 0 Å². The SMILES string of the molecule is CC(C)(C)c1ccc(-c2cc3c4c(c2)N(c2ccc(-c5ccc6c(c5)C(C)(C)CCC6(C)C)cc2)c2cc(-n5c6ccccc6c6cc(-c7ccccc7)ccc65)ccc2B4c2ccc(-c4ccccc4C(C)(C)C)cc2N3c2ccc(-c3ccc4c(c3)C(C)(C)CCC4(C)C)cc2)cc1. The van der Waals surface area contributed by atoms with Crippen LogP contribution in [0, 0.1) is 0 Å². The van der Waals surface area contributed by atoms with Crippen molar-refractivity contribution in [1.29, 1.82) is 0 Å². The van der Waals surface area contributed by atoms with Gasteiger partial charge in [0.25, 0.3) is 6.71 Å². The van der Waals surface area contributed by atoms with Crippen molar-refractivity contribution in [3.63, 3.8) is 0 Å². The summed E-state index contributed by atoms with van der Waals surface area (Å²) in [6.45, 7) is 33.3. The van der Waals surface area contributed by atoms with Gasteiger partial charge in [-0.2, -0.15) is 0 Å². The van der Waals surface area contributed by atoms with Gasteiger partial charge in [-0.1, -0.05) is 279 Å². The Labute approximate surface area is 594 Å². The topological polar surface area (TPSA) is 11.4 Å². The van der Waals surface area contributed by atoms with Gasteiger partial charge < -0.3 is 14.4 Å². The molecule has 3 nitrogen and oxygen atoms in total. The molecule has 2 aliphatic carbocycles. The molecule has 0 atom stereocenters. The summed E-state index contributed by atoms with van der Waals surface area (Å²) < 4.78 is 2.51. The van der Waals surface area contributed by atoms with E-state index in [1.54, 1.807) is 0 Å². The zero-order chi connectivity index (χ0) is 69.2. The summed E-state index contributed by atoms with van der Waals surface area (Å²) in [6, 6.07) is 99.1. The van der Waals surface area contributed by atoms with E-state index < -0.39 is 0 Å². The molecular weight excluding hydrogens is 1210 g/mol. The monoisotopic (exact) mass is 1300 g/mol. The Morgan fingerprint density at radius 3 is 1.29 bits per heavy atom. The van der Waals surface area contributed by atoms with Gasteiger partial charge in [-0.3, -0.25) is 0 Å². The van der Waals surface area contributed by atoms with E-state index in [0.29, 0.717) is 0 Å². The fourth-order valence-electron chi connectivity index (χ4n) is 17.8.